The first-order valence-corrected chi connectivity index (χ1v) is 7.58. The molecule has 124 valence electrons. The lowest BCUT2D eigenvalue weighted by Gasteiger charge is -2.03. The number of anilines is 1. The molecule has 8 nitrogen and oxygen atoms in total. The minimum atomic E-state index is -0.146. The smallest absolute Gasteiger partial charge is 0.168 e. The average Bonchev–Trinajstić information content (AvgIpc) is 3.29. The molecule has 0 spiro atoms. The van der Waals surface area contributed by atoms with Gasteiger partial charge < -0.3 is 9.52 Å². The van der Waals surface area contributed by atoms with Crippen molar-refractivity contribution in [2.24, 2.45) is 5.10 Å². The molecule has 0 aliphatic heterocycles. The minimum Gasteiger partial charge on any atom is -0.458 e. The van der Waals surface area contributed by atoms with Crippen LogP contribution in [0, 0.1) is 0 Å². The maximum absolute atomic E-state index is 8.99. The van der Waals surface area contributed by atoms with Crippen molar-refractivity contribution < 1.29 is 9.52 Å². The number of nitrogens with one attached hydrogen (secondary N) is 1. The number of fused-ring (bicyclic) bond motifs is 1. The van der Waals surface area contributed by atoms with Gasteiger partial charge >= 0.3 is 0 Å². The van der Waals surface area contributed by atoms with Crippen molar-refractivity contribution in [2.45, 2.75) is 6.61 Å². The van der Waals surface area contributed by atoms with E-state index in [1.807, 2.05) is 30.3 Å². The molecule has 2 N–H and O–H groups in total. The first-order chi connectivity index (χ1) is 12.3. The highest BCUT2D eigenvalue weighted by Gasteiger charge is 2.10. The Morgan fingerprint density at radius 2 is 2.04 bits per heavy atom. The summed E-state index contributed by atoms with van der Waals surface area (Å²) < 4.78 is 7.07. The Bertz CT molecular complexity index is 1020. The molecular weight excluding hydrogens is 320 g/mol. The van der Waals surface area contributed by atoms with Crippen molar-refractivity contribution >= 4 is 23.1 Å². The SMILES string of the molecule is OCc1ccc(/C=N/Nc2ncnc3c2cnn3-c2ccccc2)o1. The number of rotatable bonds is 5. The van der Waals surface area contributed by atoms with E-state index in [-0.39, 0.29) is 6.61 Å². The minimum absolute atomic E-state index is 0.146. The molecule has 0 aliphatic rings. The summed E-state index contributed by atoms with van der Waals surface area (Å²) in [7, 11) is 0. The van der Waals surface area contributed by atoms with Crippen LogP contribution in [-0.2, 0) is 6.61 Å². The van der Waals surface area contributed by atoms with E-state index in [1.54, 1.807) is 23.0 Å². The van der Waals surface area contributed by atoms with Gasteiger partial charge in [0.25, 0.3) is 0 Å². The van der Waals surface area contributed by atoms with Crippen LogP contribution in [0.5, 0.6) is 0 Å². The maximum Gasteiger partial charge on any atom is 0.168 e. The Morgan fingerprint density at radius 3 is 2.84 bits per heavy atom. The van der Waals surface area contributed by atoms with Gasteiger partial charge in [-0.25, -0.2) is 14.6 Å². The number of hydrogen-bond acceptors (Lipinski definition) is 7. The van der Waals surface area contributed by atoms with Gasteiger partial charge in [-0.05, 0) is 24.3 Å². The van der Waals surface area contributed by atoms with Crippen molar-refractivity contribution in [3.05, 3.63) is 66.5 Å². The first-order valence-electron chi connectivity index (χ1n) is 7.58. The third-order valence-electron chi connectivity index (χ3n) is 3.57. The van der Waals surface area contributed by atoms with Gasteiger partial charge in [0.15, 0.2) is 11.5 Å². The van der Waals surface area contributed by atoms with Crippen molar-refractivity contribution in [1.29, 1.82) is 0 Å². The fraction of sp³-hybridized carbons (Fsp3) is 0.0588. The zero-order valence-corrected chi connectivity index (χ0v) is 13.1. The fourth-order valence-corrected chi connectivity index (χ4v) is 2.40. The number of aliphatic hydroxyl groups excluding tert-OH is 1. The van der Waals surface area contributed by atoms with Gasteiger partial charge in [0.1, 0.15) is 24.5 Å². The second-order valence-electron chi connectivity index (χ2n) is 5.18. The molecule has 0 fully saturated rings. The number of nitrogens with zero attached hydrogens (tertiary/aromatic N) is 5. The maximum atomic E-state index is 8.99. The molecule has 0 amide bonds. The molecule has 0 radical (unpaired) electrons. The van der Waals surface area contributed by atoms with E-state index >= 15 is 0 Å². The molecule has 1 aromatic carbocycles. The van der Waals surface area contributed by atoms with E-state index in [1.165, 1.54) is 12.5 Å². The third kappa shape index (κ3) is 2.98. The van der Waals surface area contributed by atoms with Crippen LogP contribution in [-0.4, -0.2) is 31.1 Å². The highest BCUT2D eigenvalue weighted by Crippen LogP contribution is 2.21. The zero-order valence-electron chi connectivity index (χ0n) is 13.1. The van der Waals surface area contributed by atoms with Crippen LogP contribution in [0.4, 0.5) is 5.82 Å². The van der Waals surface area contributed by atoms with Crippen molar-refractivity contribution in [1.82, 2.24) is 19.7 Å². The van der Waals surface area contributed by atoms with Crippen LogP contribution in [0.3, 0.4) is 0 Å². The van der Waals surface area contributed by atoms with E-state index < -0.39 is 0 Å². The molecule has 0 bridgehead atoms. The number of benzene rings is 1. The van der Waals surface area contributed by atoms with Crippen LogP contribution in [0.25, 0.3) is 16.7 Å². The second kappa shape index (κ2) is 6.54. The number of aliphatic hydroxyl groups is 1. The zero-order chi connectivity index (χ0) is 17.1. The molecule has 0 unspecified atom stereocenters. The molecule has 0 aliphatic carbocycles. The molecule has 3 heterocycles. The average molecular weight is 334 g/mol. The van der Waals surface area contributed by atoms with Gasteiger partial charge in [0.2, 0.25) is 0 Å². The lowest BCUT2D eigenvalue weighted by molar-refractivity contribution is 0.247. The molecule has 3 aromatic heterocycles. The Kier molecular flexibility index (Phi) is 3.93. The lowest BCUT2D eigenvalue weighted by Crippen LogP contribution is -1.99. The standard InChI is InChI=1S/C17H14N6O2/c24-10-14-7-6-13(25-14)8-20-22-16-15-9-21-23(17(15)19-11-18-16)12-4-2-1-3-5-12/h1-9,11,24H,10H2,(H,18,19,22)/b20-8+. The first kappa shape index (κ1) is 15.0. The summed E-state index contributed by atoms with van der Waals surface area (Å²) in [5, 5.41) is 18.2. The highest BCUT2D eigenvalue weighted by molar-refractivity contribution is 5.87. The molecule has 8 heteroatoms. The molecule has 4 aromatic rings. The summed E-state index contributed by atoms with van der Waals surface area (Å²) in [5.74, 6) is 1.55. The largest absolute Gasteiger partial charge is 0.458 e. The van der Waals surface area contributed by atoms with Crippen LogP contribution in [0.15, 0.2) is 64.5 Å². The van der Waals surface area contributed by atoms with Gasteiger partial charge in [-0.15, -0.1) is 0 Å². The Labute approximate surface area is 142 Å². The summed E-state index contributed by atoms with van der Waals surface area (Å²) in [6.07, 6.45) is 4.66. The quantitative estimate of drug-likeness (QED) is 0.429. The van der Waals surface area contributed by atoms with E-state index in [9.17, 15) is 0 Å². The Morgan fingerprint density at radius 1 is 1.16 bits per heavy atom. The van der Waals surface area contributed by atoms with Crippen molar-refractivity contribution in [3.8, 4) is 5.69 Å². The summed E-state index contributed by atoms with van der Waals surface area (Å²) in [6.45, 7) is -0.146. The topological polar surface area (TPSA) is 101 Å². The van der Waals surface area contributed by atoms with Gasteiger partial charge in [-0.1, -0.05) is 18.2 Å². The van der Waals surface area contributed by atoms with Crippen molar-refractivity contribution in [2.75, 3.05) is 5.43 Å². The molecule has 4 rings (SSSR count). The molecular formula is C17H14N6O2. The predicted molar refractivity (Wildman–Crippen MR) is 92.5 cm³/mol. The lowest BCUT2D eigenvalue weighted by atomic mass is 10.3. The van der Waals surface area contributed by atoms with Crippen LogP contribution in [0.2, 0.25) is 0 Å². The van der Waals surface area contributed by atoms with Crippen LogP contribution in [0.1, 0.15) is 11.5 Å². The van der Waals surface area contributed by atoms with E-state index in [2.05, 4.69) is 25.6 Å². The number of aromatic nitrogens is 4. The predicted octanol–water partition coefficient (Wildman–Crippen LogP) is 2.35. The number of para-hydroxylation sites is 1. The van der Waals surface area contributed by atoms with Gasteiger partial charge in [-0.2, -0.15) is 10.2 Å². The van der Waals surface area contributed by atoms with Gasteiger partial charge in [-0.3, -0.25) is 5.43 Å². The Hall–Kier alpha value is -3.52. The molecule has 0 saturated heterocycles. The summed E-state index contributed by atoms with van der Waals surface area (Å²) in [5.41, 5.74) is 4.47. The molecule has 0 saturated carbocycles. The normalized spacial score (nSPS) is 11.4. The highest BCUT2D eigenvalue weighted by atomic mass is 16.4. The number of hydrogen-bond donors (Lipinski definition) is 2. The van der Waals surface area contributed by atoms with E-state index in [4.69, 9.17) is 9.52 Å². The summed E-state index contributed by atoms with van der Waals surface area (Å²) in [6, 6.07) is 13.1. The van der Waals surface area contributed by atoms with Crippen LogP contribution >= 0.6 is 0 Å². The van der Waals surface area contributed by atoms with E-state index in [0.29, 0.717) is 23.0 Å². The van der Waals surface area contributed by atoms with Crippen molar-refractivity contribution in [3.63, 3.8) is 0 Å². The molecule has 25 heavy (non-hydrogen) atoms. The van der Waals surface area contributed by atoms with Gasteiger partial charge in [0.05, 0.1) is 23.5 Å². The van der Waals surface area contributed by atoms with Crippen LogP contribution < -0.4 is 5.43 Å². The number of furan rings is 1. The monoisotopic (exact) mass is 334 g/mol. The summed E-state index contributed by atoms with van der Waals surface area (Å²) >= 11 is 0. The second-order valence-corrected chi connectivity index (χ2v) is 5.18. The summed E-state index contributed by atoms with van der Waals surface area (Å²) in [4.78, 5) is 8.52. The Balaban J connectivity index is 1.61. The number of hydrazone groups is 1. The molecule has 0 atom stereocenters. The van der Waals surface area contributed by atoms with Gasteiger partial charge in [0, 0.05) is 0 Å². The fourth-order valence-electron chi connectivity index (χ4n) is 2.40. The third-order valence-corrected chi connectivity index (χ3v) is 3.57. The van der Waals surface area contributed by atoms with E-state index in [0.717, 1.165) is 11.1 Å².